The second-order valence-corrected chi connectivity index (χ2v) is 5.06. The van der Waals surface area contributed by atoms with Crippen LogP contribution in [0.4, 0.5) is 0 Å². The van der Waals surface area contributed by atoms with E-state index in [4.69, 9.17) is 4.74 Å². The van der Waals surface area contributed by atoms with Crippen molar-refractivity contribution in [2.45, 2.75) is 37.4 Å². The summed E-state index contributed by atoms with van der Waals surface area (Å²) in [5, 5.41) is 10.4. The van der Waals surface area contributed by atoms with Crippen LogP contribution in [0, 0.1) is 5.92 Å². The number of rotatable bonds is 2. The van der Waals surface area contributed by atoms with E-state index in [1.807, 2.05) is 30.3 Å². The second-order valence-electron chi connectivity index (χ2n) is 5.06. The highest BCUT2D eigenvalue weighted by Crippen LogP contribution is 2.50. The standard InChI is InChI=1S/C14H18O2/c15-13(11-6-2-1-3-7-11)12-8-4-5-9-14(12)10-16-14/h1-3,6-7,12-13,15H,4-5,8-10H2/t12-,13+,14+/m0/s1. The van der Waals surface area contributed by atoms with Crippen LogP contribution in [-0.2, 0) is 4.74 Å². The van der Waals surface area contributed by atoms with Crippen molar-refractivity contribution in [3.8, 4) is 0 Å². The molecule has 1 N–H and O–H groups in total. The number of epoxide rings is 1. The van der Waals surface area contributed by atoms with Gasteiger partial charge < -0.3 is 9.84 Å². The minimum absolute atomic E-state index is 0.0213. The summed E-state index contributed by atoms with van der Waals surface area (Å²) in [5.41, 5.74) is 1.05. The van der Waals surface area contributed by atoms with Gasteiger partial charge in [-0.2, -0.15) is 0 Å². The monoisotopic (exact) mass is 218 g/mol. The van der Waals surface area contributed by atoms with Gasteiger partial charge in [-0.15, -0.1) is 0 Å². The molecule has 1 saturated heterocycles. The molecule has 1 heterocycles. The largest absolute Gasteiger partial charge is 0.388 e. The molecule has 0 bridgehead atoms. The lowest BCUT2D eigenvalue weighted by Crippen LogP contribution is -2.33. The highest BCUT2D eigenvalue weighted by atomic mass is 16.6. The maximum absolute atomic E-state index is 10.4. The predicted molar refractivity (Wildman–Crippen MR) is 62.0 cm³/mol. The lowest BCUT2D eigenvalue weighted by Gasteiger charge is -2.32. The molecule has 3 atom stereocenters. The summed E-state index contributed by atoms with van der Waals surface area (Å²) >= 11 is 0. The van der Waals surface area contributed by atoms with Crippen LogP contribution in [-0.4, -0.2) is 17.3 Å². The number of benzene rings is 1. The molecule has 1 spiro atoms. The summed E-state index contributed by atoms with van der Waals surface area (Å²) in [5.74, 6) is 0.295. The fourth-order valence-corrected chi connectivity index (χ4v) is 3.02. The minimum atomic E-state index is -0.357. The summed E-state index contributed by atoms with van der Waals surface area (Å²) in [6.45, 7) is 0.849. The van der Waals surface area contributed by atoms with Crippen molar-refractivity contribution in [1.82, 2.24) is 0 Å². The molecule has 2 nitrogen and oxygen atoms in total. The van der Waals surface area contributed by atoms with Crippen molar-refractivity contribution in [3.05, 3.63) is 35.9 Å². The molecule has 0 radical (unpaired) electrons. The van der Waals surface area contributed by atoms with Gasteiger partial charge in [0.2, 0.25) is 0 Å². The highest BCUT2D eigenvalue weighted by molar-refractivity contribution is 5.20. The van der Waals surface area contributed by atoms with E-state index in [9.17, 15) is 5.11 Å². The van der Waals surface area contributed by atoms with E-state index in [1.165, 1.54) is 12.8 Å². The Bertz CT molecular complexity index is 356. The molecule has 86 valence electrons. The predicted octanol–water partition coefficient (Wildman–Crippen LogP) is 2.68. The van der Waals surface area contributed by atoms with Crippen molar-refractivity contribution >= 4 is 0 Å². The number of ether oxygens (including phenoxy) is 1. The molecule has 16 heavy (non-hydrogen) atoms. The molecule has 0 amide bonds. The van der Waals surface area contributed by atoms with E-state index in [-0.39, 0.29) is 11.7 Å². The van der Waals surface area contributed by atoms with E-state index in [1.54, 1.807) is 0 Å². The van der Waals surface area contributed by atoms with Gasteiger partial charge in [0.25, 0.3) is 0 Å². The Morgan fingerprint density at radius 2 is 2.00 bits per heavy atom. The second kappa shape index (κ2) is 3.86. The van der Waals surface area contributed by atoms with Crippen LogP contribution in [0.3, 0.4) is 0 Å². The molecule has 2 heteroatoms. The molecule has 1 aliphatic carbocycles. The van der Waals surface area contributed by atoms with E-state index in [0.29, 0.717) is 5.92 Å². The maximum Gasteiger partial charge on any atom is 0.0972 e. The topological polar surface area (TPSA) is 32.8 Å². The number of hydrogen-bond acceptors (Lipinski definition) is 2. The van der Waals surface area contributed by atoms with Gasteiger partial charge >= 0.3 is 0 Å². The van der Waals surface area contributed by atoms with Crippen LogP contribution >= 0.6 is 0 Å². The van der Waals surface area contributed by atoms with Crippen LogP contribution in [0.1, 0.15) is 37.4 Å². The molecule has 1 aliphatic heterocycles. The van der Waals surface area contributed by atoms with Crippen LogP contribution in [0.2, 0.25) is 0 Å². The molecular weight excluding hydrogens is 200 g/mol. The minimum Gasteiger partial charge on any atom is -0.388 e. The zero-order valence-corrected chi connectivity index (χ0v) is 9.43. The normalized spacial score (nSPS) is 34.9. The zero-order valence-electron chi connectivity index (χ0n) is 9.43. The first kappa shape index (κ1) is 10.3. The quantitative estimate of drug-likeness (QED) is 0.774. The first-order valence-electron chi connectivity index (χ1n) is 6.19. The van der Waals surface area contributed by atoms with Crippen molar-refractivity contribution in [1.29, 1.82) is 0 Å². The molecule has 0 aromatic heterocycles. The summed E-state index contributed by atoms with van der Waals surface area (Å²) < 4.78 is 5.63. The Morgan fingerprint density at radius 1 is 1.25 bits per heavy atom. The lowest BCUT2D eigenvalue weighted by atomic mass is 9.74. The smallest absolute Gasteiger partial charge is 0.0972 e. The van der Waals surface area contributed by atoms with E-state index in [0.717, 1.165) is 25.0 Å². The SMILES string of the molecule is O[C@H](c1ccccc1)[C@@H]1CCCC[C@@]12CO2. The van der Waals surface area contributed by atoms with Crippen molar-refractivity contribution in [3.63, 3.8) is 0 Å². The van der Waals surface area contributed by atoms with Gasteiger partial charge in [0.05, 0.1) is 18.3 Å². The molecule has 3 rings (SSSR count). The Morgan fingerprint density at radius 3 is 2.69 bits per heavy atom. The van der Waals surface area contributed by atoms with Gasteiger partial charge in [0.1, 0.15) is 0 Å². The average Bonchev–Trinajstić information content (AvgIpc) is 3.10. The molecule has 2 aliphatic rings. The fraction of sp³-hybridized carbons (Fsp3) is 0.571. The average molecular weight is 218 g/mol. The van der Waals surface area contributed by atoms with Crippen molar-refractivity contribution < 1.29 is 9.84 Å². The van der Waals surface area contributed by atoms with Crippen LogP contribution in [0.5, 0.6) is 0 Å². The Balaban J connectivity index is 1.81. The van der Waals surface area contributed by atoms with Gasteiger partial charge in [-0.25, -0.2) is 0 Å². The third-order valence-electron chi connectivity index (χ3n) is 4.08. The molecule has 1 aromatic rings. The van der Waals surface area contributed by atoms with Gasteiger partial charge in [0, 0.05) is 5.92 Å². The van der Waals surface area contributed by atoms with Crippen LogP contribution in [0.25, 0.3) is 0 Å². The summed E-state index contributed by atoms with van der Waals surface area (Å²) in [7, 11) is 0. The molecule has 2 fully saturated rings. The van der Waals surface area contributed by atoms with Gasteiger partial charge in [-0.1, -0.05) is 43.2 Å². The van der Waals surface area contributed by atoms with Gasteiger partial charge in [0.15, 0.2) is 0 Å². The zero-order chi connectivity index (χ0) is 11.0. The first-order chi connectivity index (χ1) is 7.82. The first-order valence-corrected chi connectivity index (χ1v) is 6.19. The number of hydrogen-bond donors (Lipinski definition) is 1. The maximum atomic E-state index is 10.4. The van der Waals surface area contributed by atoms with E-state index < -0.39 is 0 Å². The van der Waals surface area contributed by atoms with Gasteiger partial charge in [-0.3, -0.25) is 0 Å². The molecule has 0 unspecified atom stereocenters. The molecule has 1 aromatic carbocycles. The van der Waals surface area contributed by atoms with E-state index in [2.05, 4.69) is 0 Å². The van der Waals surface area contributed by atoms with Crippen molar-refractivity contribution in [2.75, 3.05) is 6.61 Å². The Labute approximate surface area is 96.2 Å². The highest BCUT2D eigenvalue weighted by Gasteiger charge is 2.54. The third kappa shape index (κ3) is 1.66. The summed E-state index contributed by atoms with van der Waals surface area (Å²) in [6.07, 6.45) is 4.33. The Hall–Kier alpha value is -0.860. The fourth-order valence-electron chi connectivity index (χ4n) is 3.02. The third-order valence-corrected chi connectivity index (χ3v) is 4.08. The summed E-state index contributed by atoms with van der Waals surface area (Å²) in [6, 6.07) is 9.98. The van der Waals surface area contributed by atoms with Crippen LogP contribution in [0.15, 0.2) is 30.3 Å². The Kier molecular flexibility index (Phi) is 2.49. The van der Waals surface area contributed by atoms with E-state index >= 15 is 0 Å². The molecular formula is C14H18O2. The lowest BCUT2D eigenvalue weighted by molar-refractivity contribution is 0.0266. The van der Waals surface area contributed by atoms with Crippen LogP contribution < -0.4 is 0 Å². The number of aliphatic hydroxyl groups is 1. The summed E-state index contributed by atoms with van der Waals surface area (Å²) in [4.78, 5) is 0. The van der Waals surface area contributed by atoms with Gasteiger partial charge in [-0.05, 0) is 18.4 Å². The molecule has 1 saturated carbocycles. The van der Waals surface area contributed by atoms with Crippen molar-refractivity contribution in [2.24, 2.45) is 5.92 Å². The number of aliphatic hydroxyl groups excluding tert-OH is 1.